The number of aliphatic carboxylic acids is 1. The number of carboxylic acid groups (broad SMARTS) is 1. The van der Waals surface area contributed by atoms with Crippen molar-refractivity contribution in [3.05, 3.63) is 75.9 Å². The second-order valence-electron chi connectivity index (χ2n) is 7.30. The van der Waals surface area contributed by atoms with Gasteiger partial charge in [0.2, 0.25) is 0 Å². The zero-order valence-electron chi connectivity index (χ0n) is 17.0. The third kappa shape index (κ3) is 4.13. The van der Waals surface area contributed by atoms with Gasteiger partial charge in [-0.15, -0.1) is 0 Å². The maximum atomic E-state index is 13.5. The van der Waals surface area contributed by atoms with Crippen molar-refractivity contribution in [3.63, 3.8) is 0 Å². The lowest BCUT2D eigenvalue weighted by Gasteiger charge is -2.29. The van der Waals surface area contributed by atoms with Crippen LogP contribution in [0.25, 0.3) is 11.3 Å². The lowest BCUT2D eigenvalue weighted by Crippen LogP contribution is -2.41. The second-order valence-corrected chi connectivity index (χ2v) is 8.12. The van der Waals surface area contributed by atoms with Gasteiger partial charge in [0, 0.05) is 22.3 Å². The van der Waals surface area contributed by atoms with E-state index in [0.29, 0.717) is 34.1 Å². The number of ether oxygens (including phenoxy) is 1. The molecule has 0 unspecified atom stereocenters. The van der Waals surface area contributed by atoms with Crippen LogP contribution < -0.4 is 4.74 Å². The number of carboxylic acids is 1. The molecule has 1 aliphatic rings. The molecule has 1 amide bonds. The summed E-state index contributed by atoms with van der Waals surface area (Å²) >= 11 is 12.8. The Morgan fingerprint density at radius 3 is 2.56 bits per heavy atom. The molecule has 9 heteroatoms. The van der Waals surface area contributed by atoms with Crippen molar-refractivity contribution in [1.82, 2.24) is 14.9 Å². The maximum Gasteiger partial charge on any atom is 0.326 e. The molecule has 4 rings (SSSR count). The first kappa shape index (κ1) is 22.0. The smallest absolute Gasteiger partial charge is 0.326 e. The van der Waals surface area contributed by atoms with Crippen LogP contribution in [0.5, 0.6) is 6.01 Å². The van der Waals surface area contributed by atoms with Crippen LogP contribution in [0.15, 0.2) is 54.7 Å². The van der Waals surface area contributed by atoms with Crippen molar-refractivity contribution in [2.75, 3.05) is 7.11 Å². The van der Waals surface area contributed by atoms with Crippen LogP contribution in [0.2, 0.25) is 10.0 Å². The molecular formula is C23H19Cl2N3O4. The number of rotatable bonds is 5. The summed E-state index contributed by atoms with van der Waals surface area (Å²) in [5.41, 5.74) is 2.15. The van der Waals surface area contributed by atoms with Gasteiger partial charge in [0.25, 0.3) is 5.91 Å². The minimum Gasteiger partial charge on any atom is -0.480 e. The minimum absolute atomic E-state index is 0.197. The van der Waals surface area contributed by atoms with Gasteiger partial charge in [0.1, 0.15) is 6.04 Å². The van der Waals surface area contributed by atoms with Crippen LogP contribution in [-0.2, 0) is 4.79 Å². The van der Waals surface area contributed by atoms with Crippen molar-refractivity contribution in [3.8, 4) is 17.3 Å². The Kier molecular flexibility index (Phi) is 6.30. The van der Waals surface area contributed by atoms with Gasteiger partial charge >= 0.3 is 12.0 Å². The molecule has 32 heavy (non-hydrogen) atoms. The van der Waals surface area contributed by atoms with E-state index in [9.17, 15) is 14.7 Å². The Labute approximate surface area is 194 Å². The van der Waals surface area contributed by atoms with Crippen LogP contribution in [-0.4, -0.2) is 45.0 Å². The average Bonchev–Trinajstić information content (AvgIpc) is 3.24. The van der Waals surface area contributed by atoms with Gasteiger partial charge in [-0.3, -0.25) is 4.79 Å². The summed E-state index contributed by atoms with van der Waals surface area (Å²) in [6.07, 6.45) is 2.38. The van der Waals surface area contributed by atoms with E-state index in [1.54, 1.807) is 36.5 Å². The number of hydrogen-bond donors (Lipinski definition) is 1. The van der Waals surface area contributed by atoms with E-state index in [1.807, 2.05) is 12.1 Å². The van der Waals surface area contributed by atoms with Crippen LogP contribution in [0.1, 0.15) is 34.8 Å². The molecule has 7 nitrogen and oxygen atoms in total. The highest BCUT2D eigenvalue weighted by Crippen LogP contribution is 2.40. The molecule has 1 aliphatic heterocycles. The lowest BCUT2D eigenvalue weighted by molar-refractivity contribution is -0.141. The largest absolute Gasteiger partial charge is 0.480 e. The molecule has 164 valence electrons. The van der Waals surface area contributed by atoms with Gasteiger partial charge in [-0.25, -0.2) is 9.78 Å². The maximum absolute atomic E-state index is 13.5. The summed E-state index contributed by atoms with van der Waals surface area (Å²) in [6.45, 7) is 0. The SMILES string of the molecule is COc1nccc(-c2ccc(C(=O)N3[C@@H](c4ccccc4Cl)CC[C@H]3C(=O)O)cc2Cl)n1. The highest BCUT2D eigenvalue weighted by Gasteiger charge is 2.42. The van der Waals surface area contributed by atoms with Crippen molar-refractivity contribution in [2.45, 2.75) is 24.9 Å². The van der Waals surface area contributed by atoms with Gasteiger partial charge in [0.15, 0.2) is 0 Å². The highest BCUT2D eigenvalue weighted by atomic mass is 35.5. The number of likely N-dealkylation sites (tertiary alicyclic amines) is 1. The fourth-order valence-electron chi connectivity index (χ4n) is 3.98. The van der Waals surface area contributed by atoms with Crippen LogP contribution in [0.4, 0.5) is 0 Å². The molecule has 0 saturated carbocycles. The molecular weight excluding hydrogens is 453 g/mol. The summed E-state index contributed by atoms with van der Waals surface area (Å²) in [5, 5.41) is 10.5. The molecule has 0 spiro atoms. The van der Waals surface area contributed by atoms with Gasteiger partial charge in [-0.1, -0.05) is 47.5 Å². The average molecular weight is 472 g/mol. The van der Waals surface area contributed by atoms with Crippen molar-refractivity contribution in [1.29, 1.82) is 0 Å². The Hall–Kier alpha value is -3.16. The Morgan fingerprint density at radius 2 is 1.88 bits per heavy atom. The predicted molar refractivity (Wildman–Crippen MR) is 120 cm³/mol. The number of halogens is 2. The van der Waals surface area contributed by atoms with Crippen molar-refractivity contribution < 1.29 is 19.4 Å². The molecule has 0 bridgehead atoms. The first-order valence-corrected chi connectivity index (χ1v) is 10.6. The molecule has 2 atom stereocenters. The van der Waals surface area contributed by atoms with E-state index >= 15 is 0 Å². The normalized spacial score (nSPS) is 17.9. The summed E-state index contributed by atoms with van der Waals surface area (Å²) < 4.78 is 5.05. The number of benzene rings is 2. The van der Waals surface area contributed by atoms with Crippen molar-refractivity contribution >= 4 is 35.1 Å². The summed E-state index contributed by atoms with van der Waals surface area (Å²) in [7, 11) is 1.47. The highest BCUT2D eigenvalue weighted by molar-refractivity contribution is 6.33. The number of methoxy groups -OCH3 is 1. The summed E-state index contributed by atoms with van der Waals surface area (Å²) in [6, 6.07) is 12.5. The van der Waals surface area contributed by atoms with Crippen molar-refractivity contribution in [2.24, 2.45) is 0 Å². The Morgan fingerprint density at radius 1 is 1.09 bits per heavy atom. The van der Waals surface area contributed by atoms with E-state index in [2.05, 4.69) is 9.97 Å². The summed E-state index contributed by atoms with van der Waals surface area (Å²) in [5.74, 6) is -1.47. The van der Waals surface area contributed by atoms with Gasteiger partial charge in [0.05, 0.1) is 23.9 Å². The topological polar surface area (TPSA) is 92.6 Å². The number of hydrogen-bond acceptors (Lipinski definition) is 5. The minimum atomic E-state index is -1.05. The van der Waals surface area contributed by atoms with Gasteiger partial charge < -0.3 is 14.7 Å². The van der Waals surface area contributed by atoms with E-state index in [-0.39, 0.29) is 11.6 Å². The molecule has 3 aromatic rings. The third-order valence-electron chi connectivity index (χ3n) is 5.48. The fourth-order valence-corrected chi connectivity index (χ4v) is 4.52. The van der Waals surface area contributed by atoms with E-state index in [4.69, 9.17) is 27.9 Å². The third-order valence-corrected chi connectivity index (χ3v) is 6.13. The van der Waals surface area contributed by atoms with Crippen LogP contribution >= 0.6 is 23.2 Å². The van der Waals surface area contributed by atoms with Crippen LogP contribution in [0, 0.1) is 0 Å². The van der Waals surface area contributed by atoms with Gasteiger partial charge in [-0.2, -0.15) is 4.98 Å². The fraction of sp³-hybridized carbons (Fsp3) is 0.217. The van der Waals surface area contributed by atoms with Crippen LogP contribution in [0.3, 0.4) is 0 Å². The van der Waals surface area contributed by atoms with Gasteiger partial charge in [-0.05, 0) is 42.7 Å². The van der Waals surface area contributed by atoms with E-state index in [0.717, 1.165) is 5.56 Å². The molecule has 0 radical (unpaired) electrons. The lowest BCUT2D eigenvalue weighted by atomic mass is 10.0. The Bertz CT molecular complexity index is 1190. The zero-order valence-corrected chi connectivity index (χ0v) is 18.5. The predicted octanol–water partition coefficient (Wildman–Crippen LogP) is 4.89. The molecule has 0 aliphatic carbocycles. The molecule has 1 aromatic heterocycles. The molecule has 1 saturated heterocycles. The van der Waals surface area contributed by atoms with E-state index < -0.39 is 24.0 Å². The monoisotopic (exact) mass is 471 g/mol. The first-order chi connectivity index (χ1) is 15.4. The zero-order chi connectivity index (χ0) is 22.8. The molecule has 2 heterocycles. The summed E-state index contributed by atoms with van der Waals surface area (Å²) in [4.78, 5) is 35.0. The quantitative estimate of drug-likeness (QED) is 0.569. The number of nitrogens with zero attached hydrogens (tertiary/aromatic N) is 3. The molecule has 2 aromatic carbocycles. The number of aromatic nitrogens is 2. The number of amides is 1. The standard InChI is InChI=1S/C23H19Cl2N3O4/c1-32-23-26-11-10-18(27-23)14-7-6-13(12-17(14)25)21(29)28-19(8-9-20(28)22(30)31)15-4-2-3-5-16(15)24/h2-7,10-12,19-20H,8-9H2,1H3,(H,30,31)/t19-,20+/m1/s1. The Balaban J connectivity index is 1.70. The molecule has 1 N–H and O–H groups in total. The van der Waals surface area contributed by atoms with E-state index in [1.165, 1.54) is 18.1 Å². The number of carbonyl (C=O) groups excluding carboxylic acids is 1. The number of carbonyl (C=O) groups is 2. The molecule has 1 fully saturated rings. The second kappa shape index (κ2) is 9.14. The first-order valence-electron chi connectivity index (χ1n) is 9.87.